The summed E-state index contributed by atoms with van der Waals surface area (Å²) in [7, 11) is 2.16. The van der Waals surface area contributed by atoms with E-state index in [0.29, 0.717) is 0 Å². The third-order valence-electron chi connectivity index (χ3n) is 11.4. The van der Waals surface area contributed by atoms with Crippen LogP contribution in [0.3, 0.4) is 0 Å². The zero-order valence-electron chi connectivity index (χ0n) is 30.4. The van der Waals surface area contributed by atoms with Gasteiger partial charge in [-0.3, -0.25) is 0 Å². The van der Waals surface area contributed by atoms with Crippen molar-refractivity contribution in [3.05, 3.63) is 187 Å². The molecule has 1 aliphatic rings. The van der Waals surface area contributed by atoms with Crippen LogP contribution in [0.2, 0.25) is 0 Å². The molecule has 7 aromatic carbocycles. The summed E-state index contributed by atoms with van der Waals surface area (Å²) in [6.07, 6.45) is 2.01. The van der Waals surface area contributed by atoms with Crippen molar-refractivity contribution in [1.82, 2.24) is 9.55 Å². The quantitative estimate of drug-likeness (QED) is 0.158. The third-order valence-corrected chi connectivity index (χ3v) is 11.4. The number of benzene rings is 7. The molecular formula is C51H37IrN2-. The Balaban J connectivity index is 0.00000384. The van der Waals surface area contributed by atoms with Gasteiger partial charge in [0, 0.05) is 55.2 Å². The number of fused-ring (bicyclic) bond motifs is 6. The van der Waals surface area contributed by atoms with Gasteiger partial charge in [0.2, 0.25) is 0 Å². The fraction of sp³-hybridized carbons (Fsp3) is 0.0784. The molecule has 2 aromatic heterocycles. The molecule has 3 heteroatoms. The molecule has 0 bridgehead atoms. The van der Waals surface area contributed by atoms with E-state index < -0.39 is 0 Å². The number of rotatable bonds is 5. The molecule has 1 aliphatic carbocycles. The Hall–Kier alpha value is -5.86. The first-order valence-corrected chi connectivity index (χ1v) is 18.3. The Morgan fingerprint density at radius 1 is 0.481 bits per heavy atom. The number of hydrogen-bond acceptors (Lipinski definition) is 1. The first kappa shape index (κ1) is 33.9. The number of aromatic nitrogens is 2. The van der Waals surface area contributed by atoms with Crippen LogP contribution in [0.5, 0.6) is 0 Å². The zero-order chi connectivity index (χ0) is 35.7. The third kappa shape index (κ3) is 5.47. The molecule has 9 aromatic rings. The van der Waals surface area contributed by atoms with Crippen LogP contribution in [0.4, 0.5) is 0 Å². The van der Waals surface area contributed by atoms with Crippen LogP contribution in [-0.2, 0) is 32.6 Å². The molecule has 10 rings (SSSR count). The molecule has 261 valence electrons. The maximum absolute atomic E-state index is 4.97. The Bertz CT molecular complexity index is 2860. The van der Waals surface area contributed by atoms with Crippen molar-refractivity contribution in [1.29, 1.82) is 0 Å². The minimum absolute atomic E-state index is 0. The zero-order valence-corrected chi connectivity index (χ0v) is 32.8. The summed E-state index contributed by atoms with van der Waals surface area (Å²) in [5.41, 5.74) is 19.2. The van der Waals surface area contributed by atoms with Gasteiger partial charge in [-0.2, -0.15) is 0 Å². The molecule has 0 N–H and O–H groups in total. The molecule has 0 saturated heterocycles. The van der Waals surface area contributed by atoms with Crippen molar-refractivity contribution in [3.63, 3.8) is 0 Å². The van der Waals surface area contributed by atoms with Crippen molar-refractivity contribution < 1.29 is 20.1 Å². The summed E-state index contributed by atoms with van der Waals surface area (Å²) in [5, 5.41) is 2.49. The van der Waals surface area contributed by atoms with Crippen LogP contribution in [0.25, 0.3) is 88.7 Å². The van der Waals surface area contributed by atoms with Gasteiger partial charge in [0.05, 0.1) is 0 Å². The molecule has 0 saturated carbocycles. The largest absolute Gasteiger partial charge is 0.344 e. The van der Waals surface area contributed by atoms with Gasteiger partial charge < -0.3 is 9.55 Å². The topological polar surface area (TPSA) is 17.8 Å². The van der Waals surface area contributed by atoms with Crippen LogP contribution >= 0.6 is 0 Å². The Morgan fingerprint density at radius 3 is 1.76 bits per heavy atom. The molecule has 0 fully saturated rings. The number of hydrogen-bond donors (Lipinski definition) is 0. The smallest absolute Gasteiger partial charge is 0.0489 e. The van der Waals surface area contributed by atoms with Gasteiger partial charge in [-0.25, -0.2) is 0 Å². The Labute approximate surface area is 330 Å². The van der Waals surface area contributed by atoms with Crippen LogP contribution in [-0.4, -0.2) is 9.55 Å². The maximum Gasteiger partial charge on any atom is 0.0489 e. The predicted molar refractivity (Wildman–Crippen MR) is 222 cm³/mol. The van der Waals surface area contributed by atoms with E-state index in [1.54, 1.807) is 0 Å². The van der Waals surface area contributed by atoms with Gasteiger partial charge in [0.1, 0.15) is 0 Å². The number of nitrogens with zero attached hydrogens (tertiary/aromatic N) is 2. The van der Waals surface area contributed by atoms with Gasteiger partial charge in [-0.05, 0) is 91.5 Å². The minimum Gasteiger partial charge on any atom is -0.344 e. The van der Waals surface area contributed by atoms with Crippen LogP contribution in [0.15, 0.2) is 170 Å². The fourth-order valence-corrected chi connectivity index (χ4v) is 8.56. The van der Waals surface area contributed by atoms with Gasteiger partial charge in [-0.15, -0.1) is 29.3 Å². The molecule has 0 atom stereocenters. The van der Waals surface area contributed by atoms with Crippen LogP contribution in [0.1, 0.15) is 25.0 Å². The minimum atomic E-state index is -0.0555. The first-order chi connectivity index (χ1) is 25.9. The van der Waals surface area contributed by atoms with E-state index in [2.05, 4.69) is 195 Å². The van der Waals surface area contributed by atoms with Crippen molar-refractivity contribution in [2.45, 2.75) is 19.3 Å². The number of pyridine rings is 1. The van der Waals surface area contributed by atoms with Crippen molar-refractivity contribution >= 4 is 21.8 Å². The molecule has 0 aliphatic heterocycles. The second-order valence-corrected chi connectivity index (χ2v) is 14.8. The monoisotopic (exact) mass is 870 g/mol. The predicted octanol–water partition coefficient (Wildman–Crippen LogP) is 13.2. The molecule has 1 radical (unpaired) electrons. The summed E-state index contributed by atoms with van der Waals surface area (Å²) in [6.45, 7) is 4.63. The average molecular weight is 870 g/mol. The fourth-order valence-electron chi connectivity index (χ4n) is 8.56. The standard InChI is InChI=1S/C51H37N2.Ir/c1-51(2)46-19-10-9-18-42(46)43-24-20-38(31-47(43)51)48-25-21-39(32-52-48)36-23-27-50-45(30-36)44-29-35(22-26-49(44)53(50)3)34-14-11-15-37(28-34)41-17-8-7-16-40(41)33-12-5-4-6-13-33;/h4-19,21-32H,1-3H3;/q-1;. The normalized spacial score (nSPS) is 12.7. The first-order valence-electron chi connectivity index (χ1n) is 18.3. The molecule has 0 spiro atoms. The second-order valence-electron chi connectivity index (χ2n) is 14.8. The van der Waals surface area contributed by atoms with Gasteiger partial charge >= 0.3 is 0 Å². The molecule has 2 nitrogen and oxygen atoms in total. The van der Waals surface area contributed by atoms with Gasteiger partial charge in [0.25, 0.3) is 0 Å². The van der Waals surface area contributed by atoms with Crippen molar-refractivity contribution in [2.75, 3.05) is 0 Å². The molecule has 54 heavy (non-hydrogen) atoms. The summed E-state index contributed by atoms with van der Waals surface area (Å²) in [6, 6.07) is 63.0. The summed E-state index contributed by atoms with van der Waals surface area (Å²) >= 11 is 0. The Morgan fingerprint density at radius 2 is 1.06 bits per heavy atom. The number of aryl methyl sites for hydroxylation is 1. The summed E-state index contributed by atoms with van der Waals surface area (Å²) in [5.74, 6) is 0. The van der Waals surface area contributed by atoms with Crippen LogP contribution < -0.4 is 0 Å². The SMILES string of the molecule is Cn1c2ccc(-c3ccc(-c4[c-]cc5c(c4)C(C)(C)c4ccccc4-5)nc3)cc2c2cc(-c3cccc(-c4ccccc4-c4ccccc4)c3)ccc21.[Ir]. The van der Waals surface area contributed by atoms with Crippen LogP contribution in [0, 0.1) is 6.07 Å². The summed E-state index contributed by atoms with van der Waals surface area (Å²) < 4.78 is 2.30. The maximum atomic E-state index is 4.97. The van der Waals surface area contributed by atoms with E-state index in [0.717, 1.165) is 22.4 Å². The van der Waals surface area contributed by atoms with E-state index in [9.17, 15) is 0 Å². The van der Waals surface area contributed by atoms with Crippen molar-refractivity contribution in [2.24, 2.45) is 7.05 Å². The van der Waals surface area contributed by atoms with Gasteiger partial charge in [0.15, 0.2) is 0 Å². The van der Waals surface area contributed by atoms with Crippen molar-refractivity contribution in [3.8, 4) is 66.9 Å². The van der Waals surface area contributed by atoms with E-state index in [1.807, 2.05) is 6.20 Å². The molecule has 2 heterocycles. The molecule has 0 amide bonds. The molecular weight excluding hydrogens is 833 g/mol. The Kier molecular flexibility index (Phi) is 8.31. The second kappa shape index (κ2) is 13.2. The van der Waals surface area contributed by atoms with E-state index >= 15 is 0 Å². The molecule has 0 unspecified atom stereocenters. The van der Waals surface area contributed by atoms with E-state index in [4.69, 9.17) is 4.98 Å². The summed E-state index contributed by atoms with van der Waals surface area (Å²) in [4.78, 5) is 4.97. The van der Waals surface area contributed by atoms with E-state index in [-0.39, 0.29) is 25.5 Å². The van der Waals surface area contributed by atoms with Gasteiger partial charge in [-0.1, -0.05) is 146 Å². The van der Waals surface area contributed by atoms with E-state index in [1.165, 1.54) is 77.4 Å². The average Bonchev–Trinajstić information content (AvgIpc) is 3.63.